The van der Waals surface area contributed by atoms with Crippen LogP contribution < -0.4 is 5.32 Å². The smallest absolute Gasteiger partial charge is 0.245 e. The van der Waals surface area contributed by atoms with Gasteiger partial charge in [-0.2, -0.15) is 11.8 Å². The van der Waals surface area contributed by atoms with Crippen molar-refractivity contribution in [3.8, 4) is 0 Å². The summed E-state index contributed by atoms with van der Waals surface area (Å²) in [6.07, 6.45) is 4.15. The summed E-state index contributed by atoms with van der Waals surface area (Å²) in [5, 5.41) is 2.63. The Hall–Kier alpha value is -0.710. The minimum atomic E-state index is -0.355. The molecule has 0 aromatic heterocycles. The van der Waals surface area contributed by atoms with Gasteiger partial charge in [0.25, 0.3) is 0 Å². The predicted molar refractivity (Wildman–Crippen MR) is 61.8 cm³/mol. The first-order valence-electron chi connectivity index (χ1n) is 5.22. The Morgan fingerprint density at radius 1 is 1.47 bits per heavy atom. The molecule has 1 unspecified atom stereocenters. The van der Waals surface area contributed by atoms with E-state index in [1.807, 2.05) is 11.8 Å². The van der Waals surface area contributed by atoms with Crippen LogP contribution in [0.1, 0.15) is 19.8 Å². The van der Waals surface area contributed by atoms with Crippen molar-refractivity contribution in [1.82, 2.24) is 10.2 Å². The van der Waals surface area contributed by atoms with Gasteiger partial charge in [0.2, 0.25) is 11.8 Å². The van der Waals surface area contributed by atoms with Crippen molar-refractivity contribution >= 4 is 23.6 Å². The van der Waals surface area contributed by atoms with E-state index in [2.05, 4.69) is 11.6 Å². The lowest BCUT2D eigenvalue weighted by molar-refractivity contribution is -0.143. The van der Waals surface area contributed by atoms with E-state index < -0.39 is 0 Å². The van der Waals surface area contributed by atoms with Crippen LogP contribution in [-0.4, -0.2) is 47.9 Å². The standard InChI is InChI=1S/C10H18N2O2S/c1-8-10(14)12(7-9(13)11-8)5-3-4-6-15-2/h8H,3-7H2,1-2H3,(H,11,13). The Bertz CT molecular complexity index is 246. The van der Waals surface area contributed by atoms with Crippen LogP contribution in [0.5, 0.6) is 0 Å². The van der Waals surface area contributed by atoms with Crippen LogP contribution in [0.25, 0.3) is 0 Å². The monoisotopic (exact) mass is 230 g/mol. The lowest BCUT2D eigenvalue weighted by atomic mass is 10.2. The van der Waals surface area contributed by atoms with Crippen molar-refractivity contribution < 1.29 is 9.59 Å². The number of rotatable bonds is 5. The van der Waals surface area contributed by atoms with Gasteiger partial charge in [-0.1, -0.05) is 0 Å². The van der Waals surface area contributed by atoms with Gasteiger partial charge < -0.3 is 10.2 Å². The molecule has 1 fully saturated rings. The number of amides is 2. The molecule has 0 spiro atoms. The normalized spacial score (nSPS) is 21.7. The van der Waals surface area contributed by atoms with E-state index in [9.17, 15) is 9.59 Å². The summed E-state index contributed by atoms with van der Waals surface area (Å²) < 4.78 is 0. The topological polar surface area (TPSA) is 49.4 Å². The SMILES string of the molecule is CSCCCCN1CC(=O)NC(C)C1=O. The van der Waals surface area contributed by atoms with E-state index in [-0.39, 0.29) is 24.4 Å². The largest absolute Gasteiger partial charge is 0.343 e. The molecule has 1 N–H and O–H groups in total. The maximum Gasteiger partial charge on any atom is 0.245 e. The molecule has 1 aliphatic rings. The van der Waals surface area contributed by atoms with Gasteiger partial charge in [0, 0.05) is 6.54 Å². The molecule has 1 heterocycles. The van der Waals surface area contributed by atoms with Gasteiger partial charge in [0.1, 0.15) is 6.04 Å². The molecule has 0 radical (unpaired) electrons. The number of nitrogens with zero attached hydrogens (tertiary/aromatic N) is 1. The first kappa shape index (κ1) is 12.4. The summed E-state index contributed by atoms with van der Waals surface area (Å²) in [5.41, 5.74) is 0. The highest BCUT2D eigenvalue weighted by molar-refractivity contribution is 7.98. The van der Waals surface area contributed by atoms with Gasteiger partial charge in [0.05, 0.1) is 6.54 Å². The third-order valence-corrected chi connectivity index (χ3v) is 3.12. The Morgan fingerprint density at radius 2 is 2.20 bits per heavy atom. The Balaban J connectivity index is 2.32. The lowest BCUT2D eigenvalue weighted by Crippen LogP contribution is -2.56. The average molecular weight is 230 g/mol. The molecule has 0 saturated carbocycles. The minimum absolute atomic E-state index is 0.0405. The maximum atomic E-state index is 11.6. The summed E-state index contributed by atoms with van der Waals surface area (Å²) in [6, 6.07) is -0.355. The van der Waals surface area contributed by atoms with Gasteiger partial charge in [-0.3, -0.25) is 9.59 Å². The highest BCUT2D eigenvalue weighted by atomic mass is 32.2. The molecule has 4 nitrogen and oxygen atoms in total. The fourth-order valence-corrected chi connectivity index (χ4v) is 2.11. The van der Waals surface area contributed by atoms with Crippen LogP contribution in [0.3, 0.4) is 0 Å². The van der Waals surface area contributed by atoms with Gasteiger partial charge in [-0.15, -0.1) is 0 Å². The van der Waals surface area contributed by atoms with Gasteiger partial charge in [-0.25, -0.2) is 0 Å². The van der Waals surface area contributed by atoms with Crippen LogP contribution in [0.15, 0.2) is 0 Å². The molecular weight excluding hydrogens is 212 g/mol. The summed E-state index contributed by atoms with van der Waals surface area (Å²) >= 11 is 1.81. The first-order chi connectivity index (χ1) is 7.15. The number of hydrogen-bond donors (Lipinski definition) is 1. The molecule has 0 aromatic carbocycles. The zero-order chi connectivity index (χ0) is 11.3. The quantitative estimate of drug-likeness (QED) is 0.699. The van der Waals surface area contributed by atoms with E-state index in [1.54, 1.807) is 11.8 Å². The molecule has 1 saturated heterocycles. The number of carbonyl (C=O) groups excluding carboxylic acids is 2. The maximum absolute atomic E-state index is 11.6. The number of thioether (sulfide) groups is 1. The Morgan fingerprint density at radius 3 is 2.87 bits per heavy atom. The molecule has 1 atom stereocenters. The van der Waals surface area contributed by atoms with E-state index in [1.165, 1.54) is 0 Å². The first-order valence-corrected chi connectivity index (χ1v) is 6.61. The Labute approximate surface area is 94.8 Å². The van der Waals surface area contributed by atoms with E-state index in [0.29, 0.717) is 6.54 Å². The summed E-state index contributed by atoms with van der Waals surface area (Å²) in [7, 11) is 0. The van der Waals surface area contributed by atoms with Crippen molar-refractivity contribution in [2.75, 3.05) is 25.1 Å². The van der Waals surface area contributed by atoms with Crippen molar-refractivity contribution in [3.05, 3.63) is 0 Å². The fourth-order valence-electron chi connectivity index (χ4n) is 1.61. The second-order valence-electron chi connectivity index (χ2n) is 3.75. The van der Waals surface area contributed by atoms with Crippen molar-refractivity contribution in [2.45, 2.75) is 25.8 Å². The van der Waals surface area contributed by atoms with Gasteiger partial charge in [0.15, 0.2) is 0 Å². The van der Waals surface area contributed by atoms with Crippen LogP contribution >= 0.6 is 11.8 Å². The van der Waals surface area contributed by atoms with Gasteiger partial charge >= 0.3 is 0 Å². The van der Waals surface area contributed by atoms with Crippen LogP contribution in [0.4, 0.5) is 0 Å². The number of carbonyl (C=O) groups is 2. The summed E-state index contributed by atoms with van der Waals surface area (Å²) in [4.78, 5) is 24.5. The molecule has 5 heteroatoms. The zero-order valence-electron chi connectivity index (χ0n) is 9.28. The van der Waals surface area contributed by atoms with E-state index in [0.717, 1.165) is 18.6 Å². The second-order valence-corrected chi connectivity index (χ2v) is 4.73. The Kier molecular flexibility index (Phi) is 4.94. The molecule has 0 bridgehead atoms. The highest BCUT2D eigenvalue weighted by Crippen LogP contribution is 2.06. The number of unbranched alkanes of at least 4 members (excludes halogenated alkanes) is 1. The predicted octanol–water partition coefficient (Wildman–Crippen LogP) is 0.476. The fraction of sp³-hybridized carbons (Fsp3) is 0.800. The average Bonchev–Trinajstić information content (AvgIpc) is 2.19. The minimum Gasteiger partial charge on any atom is -0.343 e. The molecular formula is C10H18N2O2S. The molecule has 1 aliphatic heterocycles. The molecule has 0 aromatic rings. The highest BCUT2D eigenvalue weighted by Gasteiger charge is 2.28. The van der Waals surface area contributed by atoms with Crippen LogP contribution in [0, 0.1) is 0 Å². The molecule has 1 rings (SSSR count). The van der Waals surface area contributed by atoms with E-state index >= 15 is 0 Å². The third kappa shape index (κ3) is 3.74. The molecule has 0 aliphatic carbocycles. The zero-order valence-corrected chi connectivity index (χ0v) is 10.1. The van der Waals surface area contributed by atoms with Crippen LogP contribution in [0.2, 0.25) is 0 Å². The van der Waals surface area contributed by atoms with Gasteiger partial charge in [-0.05, 0) is 31.8 Å². The van der Waals surface area contributed by atoms with Crippen molar-refractivity contribution in [1.29, 1.82) is 0 Å². The van der Waals surface area contributed by atoms with Crippen molar-refractivity contribution in [3.63, 3.8) is 0 Å². The van der Waals surface area contributed by atoms with Crippen molar-refractivity contribution in [2.24, 2.45) is 0 Å². The number of piperazine rings is 1. The second kappa shape index (κ2) is 6.00. The van der Waals surface area contributed by atoms with E-state index in [4.69, 9.17) is 0 Å². The lowest BCUT2D eigenvalue weighted by Gasteiger charge is -2.30. The number of nitrogens with one attached hydrogen (secondary N) is 1. The van der Waals surface area contributed by atoms with Crippen LogP contribution in [-0.2, 0) is 9.59 Å². The molecule has 2 amide bonds. The summed E-state index contributed by atoms with van der Waals surface area (Å²) in [6.45, 7) is 2.66. The number of hydrogen-bond acceptors (Lipinski definition) is 3. The summed E-state index contributed by atoms with van der Waals surface area (Å²) in [5.74, 6) is 1.11. The third-order valence-electron chi connectivity index (χ3n) is 2.42. The molecule has 15 heavy (non-hydrogen) atoms. The molecule has 86 valence electrons.